The van der Waals surface area contributed by atoms with Gasteiger partial charge in [0.2, 0.25) is 0 Å². The van der Waals surface area contributed by atoms with Crippen LogP contribution in [0.2, 0.25) is 0 Å². The maximum atomic E-state index is 12.9. The first-order valence-electron chi connectivity index (χ1n) is 10.2. The molecule has 1 saturated carbocycles. The number of ether oxygens (including phenoxy) is 1. The van der Waals surface area contributed by atoms with E-state index < -0.39 is 11.1 Å². The highest BCUT2D eigenvalue weighted by molar-refractivity contribution is 6.16. The van der Waals surface area contributed by atoms with Crippen molar-refractivity contribution in [1.82, 2.24) is 10.2 Å². The summed E-state index contributed by atoms with van der Waals surface area (Å²) in [5, 5.41) is 3.03. The third-order valence-corrected chi connectivity index (χ3v) is 5.77. The second kappa shape index (κ2) is 6.61. The Hall–Kier alpha value is -2.37. The Balaban J connectivity index is 1.55. The predicted molar refractivity (Wildman–Crippen MR) is 107 cm³/mol. The van der Waals surface area contributed by atoms with Gasteiger partial charge >= 0.3 is 6.09 Å². The number of benzene rings is 1. The van der Waals surface area contributed by atoms with Crippen molar-refractivity contribution < 1.29 is 14.3 Å². The number of piperidine rings is 1. The molecule has 1 aromatic carbocycles. The number of hydrogen-bond donors (Lipinski definition) is 1. The third kappa shape index (κ3) is 3.52. The highest BCUT2D eigenvalue weighted by Crippen LogP contribution is 2.42. The number of carbonyl (C=O) groups is 2. The molecule has 2 aliphatic heterocycles. The number of nitrogens with zero attached hydrogens (tertiary/aromatic N) is 2. The first-order chi connectivity index (χ1) is 13.2. The fourth-order valence-corrected chi connectivity index (χ4v) is 4.23. The van der Waals surface area contributed by atoms with Gasteiger partial charge in [-0.3, -0.25) is 9.79 Å². The maximum absolute atomic E-state index is 12.9. The lowest BCUT2D eigenvalue weighted by Gasteiger charge is -2.40. The number of rotatable bonds is 2. The van der Waals surface area contributed by atoms with Crippen molar-refractivity contribution in [3.63, 3.8) is 0 Å². The Bertz CT molecular complexity index is 838. The fourth-order valence-electron chi connectivity index (χ4n) is 4.23. The Morgan fingerprint density at radius 3 is 2.64 bits per heavy atom. The lowest BCUT2D eigenvalue weighted by atomic mass is 9.84. The topological polar surface area (TPSA) is 71.0 Å². The summed E-state index contributed by atoms with van der Waals surface area (Å²) in [5.74, 6) is 1.22. The van der Waals surface area contributed by atoms with Crippen molar-refractivity contribution in [2.45, 2.75) is 76.5 Å². The molecule has 0 bridgehead atoms. The summed E-state index contributed by atoms with van der Waals surface area (Å²) in [5.41, 5.74) is 0.994. The number of likely N-dealkylation sites (tertiary alicyclic amines) is 1. The molecule has 1 aromatic rings. The van der Waals surface area contributed by atoms with Gasteiger partial charge < -0.3 is 15.0 Å². The van der Waals surface area contributed by atoms with Crippen molar-refractivity contribution in [2.75, 3.05) is 6.54 Å². The standard InChI is InChI=1S/C22H29N3O3/c1-14-13-22(11-12-25(14)20(27)28-21(2,3)4)19(26)23-18(24-22)17-8-6-5-7-16(17)15-9-10-15/h5-8,14-15H,9-13H2,1-4H3,(H,23,24,26)/t14-,22+/m0/s1. The molecule has 0 unspecified atom stereocenters. The lowest BCUT2D eigenvalue weighted by molar-refractivity contribution is -0.126. The first-order valence-corrected chi connectivity index (χ1v) is 10.2. The van der Waals surface area contributed by atoms with E-state index in [0.29, 0.717) is 31.1 Å². The molecular weight excluding hydrogens is 354 g/mol. The molecule has 2 heterocycles. The molecule has 4 rings (SSSR count). The summed E-state index contributed by atoms with van der Waals surface area (Å²) in [4.78, 5) is 32.0. The van der Waals surface area contributed by atoms with Gasteiger partial charge in [0, 0.05) is 24.6 Å². The molecule has 2 amide bonds. The molecule has 1 N–H and O–H groups in total. The van der Waals surface area contributed by atoms with E-state index in [1.54, 1.807) is 4.90 Å². The largest absolute Gasteiger partial charge is 0.444 e. The number of carbonyl (C=O) groups excluding carboxylic acids is 2. The highest BCUT2D eigenvalue weighted by atomic mass is 16.6. The second-order valence-electron chi connectivity index (χ2n) is 9.28. The Morgan fingerprint density at radius 1 is 1.29 bits per heavy atom. The monoisotopic (exact) mass is 383 g/mol. The van der Waals surface area contributed by atoms with Gasteiger partial charge in [0.05, 0.1) is 0 Å². The number of amides is 2. The molecule has 1 saturated heterocycles. The molecule has 2 atom stereocenters. The van der Waals surface area contributed by atoms with Crippen LogP contribution in [0.15, 0.2) is 29.3 Å². The van der Waals surface area contributed by atoms with Gasteiger partial charge in [-0.1, -0.05) is 24.3 Å². The number of hydrogen-bond acceptors (Lipinski definition) is 4. The van der Waals surface area contributed by atoms with Crippen LogP contribution in [0, 0.1) is 0 Å². The zero-order valence-corrected chi connectivity index (χ0v) is 17.1. The van der Waals surface area contributed by atoms with Crippen LogP contribution in [0.4, 0.5) is 4.79 Å². The van der Waals surface area contributed by atoms with Crippen LogP contribution in [0.3, 0.4) is 0 Å². The van der Waals surface area contributed by atoms with E-state index in [2.05, 4.69) is 11.4 Å². The van der Waals surface area contributed by atoms with Crippen LogP contribution in [0.1, 0.15) is 70.4 Å². The minimum atomic E-state index is -0.788. The fraction of sp³-hybridized carbons (Fsp3) is 0.591. The van der Waals surface area contributed by atoms with Gasteiger partial charge in [-0.05, 0) is 58.4 Å². The van der Waals surface area contributed by atoms with Gasteiger partial charge in [0.15, 0.2) is 0 Å². The van der Waals surface area contributed by atoms with Crippen molar-refractivity contribution in [3.05, 3.63) is 35.4 Å². The quantitative estimate of drug-likeness (QED) is 0.848. The van der Waals surface area contributed by atoms with Crippen LogP contribution >= 0.6 is 0 Å². The molecule has 150 valence electrons. The van der Waals surface area contributed by atoms with E-state index in [0.717, 1.165) is 5.56 Å². The Morgan fingerprint density at radius 2 is 2.00 bits per heavy atom. The number of aliphatic imine (C=N–C) groups is 1. The summed E-state index contributed by atoms with van der Waals surface area (Å²) in [6.07, 6.45) is 3.10. The molecule has 3 aliphatic rings. The number of amidine groups is 1. The van der Waals surface area contributed by atoms with Gasteiger partial charge in [0.25, 0.3) is 5.91 Å². The van der Waals surface area contributed by atoms with E-state index in [1.807, 2.05) is 45.9 Å². The average molecular weight is 383 g/mol. The maximum Gasteiger partial charge on any atom is 0.410 e. The van der Waals surface area contributed by atoms with Crippen molar-refractivity contribution >= 4 is 17.8 Å². The second-order valence-corrected chi connectivity index (χ2v) is 9.28. The summed E-state index contributed by atoms with van der Waals surface area (Å²) < 4.78 is 5.52. The van der Waals surface area contributed by atoms with Gasteiger partial charge in [-0.15, -0.1) is 0 Å². The SMILES string of the molecule is C[C@H]1C[C@@]2(CCN1C(=O)OC(C)(C)C)N=C(c1ccccc1C1CC1)NC2=O. The van der Waals surface area contributed by atoms with Crippen LogP contribution in [-0.4, -0.2) is 46.5 Å². The molecule has 1 aliphatic carbocycles. The summed E-state index contributed by atoms with van der Waals surface area (Å²) in [7, 11) is 0. The Labute approximate surface area is 166 Å². The van der Waals surface area contributed by atoms with Crippen LogP contribution in [0.25, 0.3) is 0 Å². The molecule has 2 fully saturated rings. The third-order valence-electron chi connectivity index (χ3n) is 5.77. The minimum Gasteiger partial charge on any atom is -0.444 e. The van der Waals surface area contributed by atoms with E-state index >= 15 is 0 Å². The highest BCUT2D eigenvalue weighted by Gasteiger charge is 2.49. The molecule has 1 spiro atoms. The molecule has 0 radical (unpaired) electrons. The van der Waals surface area contributed by atoms with Crippen molar-refractivity contribution in [3.8, 4) is 0 Å². The van der Waals surface area contributed by atoms with Crippen molar-refractivity contribution in [1.29, 1.82) is 0 Å². The van der Waals surface area contributed by atoms with E-state index in [4.69, 9.17) is 9.73 Å². The zero-order valence-electron chi connectivity index (χ0n) is 17.1. The van der Waals surface area contributed by atoms with E-state index in [-0.39, 0.29) is 18.0 Å². The van der Waals surface area contributed by atoms with E-state index in [9.17, 15) is 9.59 Å². The zero-order chi connectivity index (χ0) is 20.1. The number of nitrogens with one attached hydrogen (secondary N) is 1. The van der Waals surface area contributed by atoms with Crippen LogP contribution in [-0.2, 0) is 9.53 Å². The smallest absolute Gasteiger partial charge is 0.410 e. The van der Waals surface area contributed by atoms with Gasteiger partial charge in [-0.25, -0.2) is 4.79 Å². The minimum absolute atomic E-state index is 0.0520. The molecule has 28 heavy (non-hydrogen) atoms. The van der Waals surface area contributed by atoms with Gasteiger partial charge in [0.1, 0.15) is 17.0 Å². The normalized spacial score (nSPS) is 27.6. The molecule has 0 aromatic heterocycles. The van der Waals surface area contributed by atoms with Gasteiger partial charge in [-0.2, -0.15) is 0 Å². The van der Waals surface area contributed by atoms with Crippen LogP contribution < -0.4 is 5.32 Å². The molecule has 6 nitrogen and oxygen atoms in total. The average Bonchev–Trinajstić information content (AvgIpc) is 3.40. The first kappa shape index (κ1) is 19.0. The Kier molecular flexibility index (Phi) is 4.47. The lowest BCUT2D eigenvalue weighted by Crippen LogP contribution is -2.55. The molecular formula is C22H29N3O3. The summed E-state index contributed by atoms with van der Waals surface area (Å²) >= 11 is 0. The predicted octanol–water partition coefficient (Wildman–Crippen LogP) is 3.60. The summed E-state index contributed by atoms with van der Waals surface area (Å²) in [6, 6.07) is 8.11. The van der Waals surface area contributed by atoms with E-state index in [1.165, 1.54) is 18.4 Å². The van der Waals surface area contributed by atoms with Crippen LogP contribution in [0.5, 0.6) is 0 Å². The van der Waals surface area contributed by atoms with Crippen molar-refractivity contribution in [2.24, 2.45) is 4.99 Å². The summed E-state index contributed by atoms with van der Waals surface area (Å²) in [6.45, 7) is 8.01. The molecule has 6 heteroatoms.